The number of rotatable bonds is 1. The molecule has 0 aliphatic heterocycles. The summed E-state index contributed by atoms with van der Waals surface area (Å²) in [5.74, 6) is 0. The van der Waals surface area contributed by atoms with E-state index in [2.05, 4.69) is 9.97 Å². The number of carbonyl (C=O) groups is 1. The average Bonchev–Trinajstić information content (AvgIpc) is 2.16. The van der Waals surface area contributed by atoms with Crippen LogP contribution in [-0.4, -0.2) is 16.3 Å². The fourth-order valence-corrected chi connectivity index (χ4v) is 1.23. The van der Waals surface area contributed by atoms with Crippen molar-refractivity contribution in [3.8, 4) is 0 Å². The predicted octanol–water partition coefficient (Wildman–Crippen LogP) is 2.10. The van der Waals surface area contributed by atoms with Crippen molar-refractivity contribution >= 4 is 28.8 Å². The smallest absolute Gasteiger partial charge is 0.168 e. The molecule has 0 atom stereocenters. The third-order valence-electron chi connectivity index (χ3n) is 1.68. The molecule has 3 nitrogen and oxygen atoms in total. The zero-order valence-corrected chi connectivity index (χ0v) is 7.32. The zero-order chi connectivity index (χ0) is 9.26. The number of carbonyl (C=O) groups excluding carboxylic acids is 1. The van der Waals surface area contributed by atoms with Gasteiger partial charge in [-0.15, -0.1) is 0 Å². The van der Waals surface area contributed by atoms with Crippen molar-refractivity contribution in [3.05, 3.63) is 35.2 Å². The molecule has 0 unspecified atom stereocenters. The maximum atomic E-state index is 10.4. The SMILES string of the molecule is O=Cc1cc2nc(Cl)ccc2cn1. The number of nitrogens with zero attached hydrogens (tertiary/aromatic N) is 2. The van der Waals surface area contributed by atoms with Crippen LogP contribution in [0.3, 0.4) is 0 Å². The highest BCUT2D eigenvalue weighted by Gasteiger charge is 1.98. The summed E-state index contributed by atoms with van der Waals surface area (Å²) in [6, 6.07) is 5.10. The molecule has 0 radical (unpaired) electrons. The number of hydrogen-bond donors (Lipinski definition) is 0. The second kappa shape index (κ2) is 3.11. The van der Waals surface area contributed by atoms with Gasteiger partial charge >= 0.3 is 0 Å². The average molecular weight is 193 g/mol. The van der Waals surface area contributed by atoms with Gasteiger partial charge in [-0.3, -0.25) is 9.78 Å². The molecule has 0 aliphatic rings. The van der Waals surface area contributed by atoms with E-state index < -0.39 is 0 Å². The van der Waals surface area contributed by atoms with Crippen molar-refractivity contribution in [1.82, 2.24) is 9.97 Å². The number of aldehydes is 1. The van der Waals surface area contributed by atoms with Crippen LogP contribution < -0.4 is 0 Å². The van der Waals surface area contributed by atoms with Gasteiger partial charge in [-0.1, -0.05) is 11.6 Å². The summed E-state index contributed by atoms with van der Waals surface area (Å²) < 4.78 is 0. The first kappa shape index (κ1) is 8.13. The van der Waals surface area contributed by atoms with Crippen LogP contribution in [0.25, 0.3) is 10.9 Å². The molecule has 0 spiro atoms. The normalized spacial score (nSPS) is 10.2. The molecule has 4 heteroatoms. The van der Waals surface area contributed by atoms with Crippen molar-refractivity contribution < 1.29 is 4.79 Å². The Kier molecular flexibility index (Phi) is 1.94. The van der Waals surface area contributed by atoms with Gasteiger partial charge in [0.2, 0.25) is 0 Å². The first-order valence-corrected chi connectivity index (χ1v) is 4.05. The first-order chi connectivity index (χ1) is 6.29. The standard InChI is InChI=1S/C9H5ClN2O/c10-9-2-1-6-4-11-7(5-13)3-8(6)12-9/h1-5H. The lowest BCUT2D eigenvalue weighted by atomic mass is 10.2. The number of pyridine rings is 2. The minimum absolute atomic E-state index is 0.363. The fraction of sp³-hybridized carbons (Fsp3) is 0. The van der Waals surface area contributed by atoms with E-state index in [1.54, 1.807) is 18.3 Å². The van der Waals surface area contributed by atoms with Crippen LogP contribution in [0, 0.1) is 0 Å². The van der Waals surface area contributed by atoms with Crippen LogP contribution in [0.5, 0.6) is 0 Å². The van der Waals surface area contributed by atoms with Crippen LogP contribution in [0.15, 0.2) is 24.4 Å². The third kappa shape index (κ3) is 1.51. The maximum absolute atomic E-state index is 10.4. The topological polar surface area (TPSA) is 42.9 Å². The predicted molar refractivity (Wildman–Crippen MR) is 49.9 cm³/mol. The second-order valence-corrected chi connectivity index (χ2v) is 2.94. The second-order valence-electron chi connectivity index (χ2n) is 2.55. The summed E-state index contributed by atoms with van der Waals surface area (Å²) in [5, 5.41) is 1.28. The van der Waals surface area contributed by atoms with Gasteiger partial charge in [0.1, 0.15) is 10.8 Å². The van der Waals surface area contributed by atoms with Gasteiger partial charge in [-0.25, -0.2) is 4.98 Å². The molecule has 2 heterocycles. The largest absolute Gasteiger partial charge is 0.296 e. The van der Waals surface area contributed by atoms with Crippen LogP contribution in [0.2, 0.25) is 5.15 Å². The van der Waals surface area contributed by atoms with Crippen molar-refractivity contribution in [2.24, 2.45) is 0 Å². The van der Waals surface area contributed by atoms with E-state index in [9.17, 15) is 4.79 Å². The molecule has 0 aromatic carbocycles. The van der Waals surface area contributed by atoms with Crippen molar-refractivity contribution in [2.45, 2.75) is 0 Å². The van der Waals surface area contributed by atoms with Crippen LogP contribution in [0.1, 0.15) is 10.5 Å². The van der Waals surface area contributed by atoms with Gasteiger partial charge in [0.05, 0.1) is 5.52 Å². The van der Waals surface area contributed by atoms with Gasteiger partial charge in [-0.05, 0) is 18.2 Å². The molecule has 0 saturated carbocycles. The molecule has 0 amide bonds. The van der Waals surface area contributed by atoms with E-state index >= 15 is 0 Å². The first-order valence-electron chi connectivity index (χ1n) is 3.67. The van der Waals surface area contributed by atoms with Crippen molar-refractivity contribution in [2.75, 3.05) is 0 Å². The van der Waals surface area contributed by atoms with Crippen LogP contribution in [-0.2, 0) is 0 Å². The van der Waals surface area contributed by atoms with E-state index in [1.165, 1.54) is 0 Å². The Morgan fingerprint density at radius 3 is 3.00 bits per heavy atom. The Balaban J connectivity index is 2.74. The molecule has 0 N–H and O–H groups in total. The van der Waals surface area contributed by atoms with Crippen LogP contribution in [0.4, 0.5) is 0 Å². The Hall–Kier alpha value is -1.48. The Labute approximate surface area is 79.4 Å². The summed E-state index contributed by atoms with van der Waals surface area (Å²) in [5.41, 5.74) is 1.05. The highest BCUT2D eigenvalue weighted by atomic mass is 35.5. The van der Waals surface area contributed by atoms with Gasteiger partial charge < -0.3 is 0 Å². The Morgan fingerprint density at radius 1 is 1.38 bits per heavy atom. The molecule has 2 aromatic heterocycles. The third-order valence-corrected chi connectivity index (χ3v) is 1.89. The summed E-state index contributed by atoms with van der Waals surface area (Å²) in [6.45, 7) is 0. The lowest BCUT2D eigenvalue weighted by Gasteiger charge is -1.96. The molecule has 0 bridgehead atoms. The summed E-state index contributed by atoms with van der Waals surface area (Å²) >= 11 is 5.69. The number of aromatic nitrogens is 2. The van der Waals surface area contributed by atoms with Gasteiger partial charge in [0, 0.05) is 11.6 Å². The highest BCUT2D eigenvalue weighted by Crippen LogP contribution is 2.14. The van der Waals surface area contributed by atoms with Gasteiger partial charge in [0.25, 0.3) is 0 Å². The summed E-state index contributed by atoms with van der Waals surface area (Å²) in [4.78, 5) is 18.4. The lowest BCUT2D eigenvalue weighted by Crippen LogP contribution is -1.87. The Morgan fingerprint density at radius 2 is 2.23 bits per heavy atom. The molecule has 2 rings (SSSR count). The Bertz CT molecular complexity index is 470. The molecule has 64 valence electrons. The minimum atomic E-state index is 0.363. The van der Waals surface area contributed by atoms with Gasteiger partial charge in [0.15, 0.2) is 6.29 Å². The zero-order valence-electron chi connectivity index (χ0n) is 6.57. The number of halogens is 1. The minimum Gasteiger partial charge on any atom is -0.296 e. The molecule has 13 heavy (non-hydrogen) atoms. The molecule has 0 aliphatic carbocycles. The van der Waals surface area contributed by atoms with Gasteiger partial charge in [-0.2, -0.15) is 0 Å². The van der Waals surface area contributed by atoms with E-state index in [4.69, 9.17) is 11.6 Å². The molecule has 0 saturated heterocycles. The highest BCUT2D eigenvalue weighted by molar-refractivity contribution is 6.29. The van der Waals surface area contributed by atoms with E-state index in [1.807, 2.05) is 6.07 Å². The van der Waals surface area contributed by atoms with Crippen molar-refractivity contribution in [1.29, 1.82) is 0 Å². The van der Waals surface area contributed by atoms with E-state index in [0.717, 1.165) is 5.39 Å². The van der Waals surface area contributed by atoms with E-state index in [-0.39, 0.29) is 0 Å². The van der Waals surface area contributed by atoms with Crippen molar-refractivity contribution in [3.63, 3.8) is 0 Å². The number of hydrogen-bond acceptors (Lipinski definition) is 3. The fourth-order valence-electron chi connectivity index (χ4n) is 1.07. The molecular formula is C9H5ClN2O. The van der Waals surface area contributed by atoms with Crippen LogP contribution >= 0.6 is 11.6 Å². The summed E-state index contributed by atoms with van der Waals surface area (Å²) in [6.07, 6.45) is 2.28. The lowest BCUT2D eigenvalue weighted by molar-refractivity contribution is 0.111. The summed E-state index contributed by atoms with van der Waals surface area (Å²) in [7, 11) is 0. The monoisotopic (exact) mass is 192 g/mol. The quantitative estimate of drug-likeness (QED) is 0.513. The number of fused-ring (bicyclic) bond motifs is 1. The maximum Gasteiger partial charge on any atom is 0.168 e. The van der Waals surface area contributed by atoms with E-state index in [0.29, 0.717) is 22.6 Å². The molecule has 0 fully saturated rings. The molecular weight excluding hydrogens is 188 g/mol. The molecule has 2 aromatic rings.